The number of hydrogen-bond donors (Lipinski definition) is 3. The SMILES string of the molecule is O=C(N[C@@H]1CCC[C@H](Nc2nc(-c3c[nH]c4ncc(F)cc34)c(F)cc2F)C1)N1CCCC1. The molecule has 2 atom stereocenters. The second-order valence-corrected chi connectivity index (χ2v) is 8.75. The van der Waals surface area contributed by atoms with Crippen LogP contribution < -0.4 is 10.6 Å². The third-order valence-corrected chi connectivity index (χ3v) is 6.42. The molecule has 2 fully saturated rings. The minimum Gasteiger partial charge on any atom is -0.365 e. The van der Waals surface area contributed by atoms with Gasteiger partial charge >= 0.3 is 6.03 Å². The molecule has 0 aromatic carbocycles. The maximum Gasteiger partial charge on any atom is 0.317 e. The average molecular weight is 458 g/mol. The number of aromatic amines is 1. The number of H-pyrrole nitrogens is 1. The second-order valence-electron chi connectivity index (χ2n) is 8.75. The van der Waals surface area contributed by atoms with Gasteiger partial charge in [0.1, 0.15) is 17.2 Å². The van der Waals surface area contributed by atoms with Gasteiger partial charge in [-0.15, -0.1) is 0 Å². The molecular weight excluding hydrogens is 433 g/mol. The highest BCUT2D eigenvalue weighted by Gasteiger charge is 2.27. The zero-order valence-corrected chi connectivity index (χ0v) is 18.0. The minimum absolute atomic E-state index is 0.0185. The van der Waals surface area contributed by atoms with Gasteiger partial charge in [0, 0.05) is 48.4 Å². The lowest BCUT2D eigenvalue weighted by atomic mass is 9.91. The summed E-state index contributed by atoms with van der Waals surface area (Å²) in [5.41, 5.74) is 0.597. The summed E-state index contributed by atoms with van der Waals surface area (Å²) in [4.78, 5) is 25.3. The summed E-state index contributed by atoms with van der Waals surface area (Å²) in [5, 5.41) is 6.54. The van der Waals surface area contributed by atoms with E-state index in [4.69, 9.17) is 0 Å². The van der Waals surface area contributed by atoms with Gasteiger partial charge in [0.2, 0.25) is 0 Å². The molecule has 4 heterocycles. The van der Waals surface area contributed by atoms with Crippen molar-refractivity contribution < 1.29 is 18.0 Å². The maximum absolute atomic E-state index is 14.6. The van der Waals surface area contributed by atoms with Gasteiger partial charge in [0.05, 0.1) is 6.20 Å². The van der Waals surface area contributed by atoms with Crippen molar-refractivity contribution in [2.75, 3.05) is 18.4 Å². The van der Waals surface area contributed by atoms with Crippen LogP contribution in [0.25, 0.3) is 22.3 Å². The maximum atomic E-state index is 14.6. The van der Waals surface area contributed by atoms with E-state index in [1.807, 2.05) is 4.90 Å². The molecule has 0 unspecified atom stereocenters. The minimum atomic E-state index is -0.845. The first-order valence-corrected chi connectivity index (χ1v) is 11.3. The quantitative estimate of drug-likeness (QED) is 0.535. The summed E-state index contributed by atoms with van der Waals surface area (Å²) in [6.45, 7) is 1.56. The predicted molar refractivity (Wildman–Crippen MR) is 118 cm³/mol. The van der Waals surface area contributed by atoms with E-state index >= 15 is 0 Å². The van der Waals surface area contributed by atoms with Crippen molar-refractivity contribution in [2.45, 2.75) is 50.6 Å². The van der Waals surface area contributed by atoms with Crippen LogP contribution in [0.15, 0.2) is 24.5 Å². The third kappa shape index (κ3) is 4.46. The van der Waals surface area contributed by atoms with Gasteiger partial charge in [-0.05, 0) is 44.6 Å². The van der Waals surface area contributed by atoms with Crippen LogP contribution in [0, 0.1) is 17.5 Å². The van der Waals surface area contributed by atoms with Crippen molar-refractivity contribution in [3.05, 3.63) is 42.0 Å². The van der Waals surface area contributed by atoms with Crippen LogP contribution in [-0.2, 0) is 0 Å². The number of aromatic nitrogens is 3. The lowest BCUT2D eigenvalue weighted by Crippen LogP contribution is -2.47. The monoisotopic (exact) mass is 458 g/mol. The van der Waals surface area contributed by atoms with Crippen LogP contribution in [0.3, 0.4) is 0 Å². The van der Waals surface area contributed by atoms with Gasteiger partial charge in [-0.25, -0.2) is 27.9 Å². The Morgan fingerprint density at radius 2 is 1.85 bits per heavy atom. The summed E-state index contributed by atoms with van der Waals surface area (Å²) in [7, 11) is 0. The molecule has 2 aliphatic rings. The van der Waals surface area contributed by atoms with Crippen molar-refractivity contribution in [2.24, 2.45) is 0 Å². The fraction of sp³-hybridized carbons (Fsp3) is 0.435. The number of urea groups is 1. The number of pyridine rings is 2. The molecule has 0 bridgehead atoms. The molecule has 3 aromatic heterocycles. The number of likely N-dealkylation sites (tertiary alicyclic amines) is 1. The second kappa shape index (κ2) is 8.92. The van der Waals surface area contributed by atoms with E-state index in [1.54, 1.807) is 0 Å². The Bertz CT molecular complexity index is 1180. The number of hydrogen-bond acceptors (Lipinski definition) is 4. The summed E-state index contributed by atoms with van der Waals surface area (Å²) in [6, 6.07) is 1.83. The Hall–Kier alpha value is -3.30. The first-order chi connectivity index (χ1) is 16.0. The molecule has 0 radical (unpaired) electrons. The molecule has 1 aliphatic carbocycles. The van der Waals surface area contributed by atoms with Gasteiger partial charge in [-0.1, -0.05) is 0 Å². The van der Waals surface area contributed by atoms with E-state index < -0.39 is 17.5 Å². The fourth-order valence-electron chi connectivity index (χ4n) is 4.76. The lowest BCUT2D eigenvalue weighted by Gasteiger charge is -2.32. The Kier molecular flexibility index (Phi) is 5.82. The van der Waals surface area contributed by atoms with Crippen molar-refractivity contribution in [3.63, 3.8) is 0 Å². The van der Waals surface area contributed by atoms with Crippen LogP contribution in [0.2, 0.25) is 0 Å². The number of amides is 2. The standard InChI is InChI=1S/C23H25F3N6O/c24-13-8-16-17(12-28-21(16)27-11-13)20-18(25)10-19(26)22(31-20)29-14-4-3-5-15(9-14)30-23(33)32-6-1-2-7-32/h8,10-12,14-15H,1-7,9H2,(H,27,28)(H,29,31)(H,30,33)/t14-,15+/m0/s1. The van der Waals surface area contributed by atoms with Gasteiger partial charge in [-0.2, -0.15) is 0 Å². The Labute approximate surface area is 188 Å². The molecule has 1 aliphatic heterocycles. The van der Waals surface area contributed by atoms with Crippen molar-refractivity contribution in [1.29, 1.82) is 0 Å². The molecule has 1 saturated heterocycles. The normalized spacial score (nSPS) is 20.9. The van der Waals surface area contributed by atoms with Gasteiger partial charge in [-0.3, -0.25) is 0 Å². The number of rotatable bonds is 4. The summed E-state index contributed by atoms with van der Waals surface area (Å²) < 4.78 is 42.9. The van der Waals surface area contributed by atoms with Crippen molar-refractivity contribution in [1.82, 2.24) is 25.2 Å². The number of anilines is 1. The van der Waals surface area contributed by atoms with Crippen molar-refractivity contribution >= 4 is 22.9 Å². The van der Waals surface area contributed by atoms with E-state index in [0.717, 1.165) is 57.5 Å². The molecule has 7 nitrogen and oxygen atoms in total. The van der Waals surface area contributed by atoms with Crippen molar-refractivity contribution in [3.8, 4) is 11.3 Å². The molecular formula is C23H25F3N6O. The molecule has 174 valence electrons. The molecule has 5 rings (SSSR count). The fourth-order valence-corrected chi connectivity index (χ4v) is 4.76. The van der Waals surface area contributed by atoms with Gasteiger partial charge in [0.25, 0.3) is 0 Å². The van der Waals surface area contributed by atoms with E-state index in [9.17, 15) is 18.0 Å². The molecule has 3 aromatic rings. The van der Waals surface area contributed by atoms with E-state index in [0.29, 0.717) is 23.0 Å². The highest BCUT2D eigenvalue weighted by molar-refractivity contribution is 5.92. The largest absolute Gasteiger partial charge is 0.365 e. The van der Waals surface area contributed by atoms with E-state index in [2.05, 4.69) is 25.6 Å². The topological polar surface area (TPSA) is 85.9 Å². The zero-order chi connectivity index (χ0) is 22.9. The molecule has 33 heavy (non-hydrogen) atoms. The number of halogens is 3. The van der Waals surface area contributed by atoms with Gasteiger partial charge in [0.15, 0.2) is 17.5 Å². The number of nitrogens with one attached hydrogen (secondary N) is 3. The molecule has 0 spiro atoms. The molecule has 2 amide bonds. The zero-order valence-electron chi connectivity index (χ0n) is 18.0. The number of carbonyl (C=O) groups excluding carboxylic acids is 1. The highest BCUT2D eigenvalue weighted by Crippen LogP contribution is 2.32. The number of fused-ring (bicyclic) bond motifs is 1. The first-order valence-electron chi connectivity index (χ1n) is 11.3. The summed E-state index contributed by atoms with van der Waals surface area (Å²) in [6.07, 6.45) is 7.73. The third-order valence-electron chi connectivity index (χ3n) is 6.42. The number of carbonyl (C=O) groups is 1. The smallest absolute Gasteiger partial charge is 0.317 e. The molecule has 3 N–H and O–H groups in total. The highest BCUT2D eigenvalue weighted by atomic mass is 19.1. The Morgan fingerprint density at radius 1 is 1.06 bits per heavy atom. The summed E-state index contributed by atoms with van der Waals surface area (Å²) >= 11 is 0. The van der Waals surface area contributed by atoms with Gasteiger partial charge < -0.3 is 20.5 Å². The van der Waals surface area contributed by atoms with Crippen LogP contribution in [0.5, 0.6) is 0 Å². The lowest BCUT2D eigenvalue weighted by molar-refractivity contribution is 0.199. The Balaban J connectivity index is 1.34. The summed E-state index contributed by atoms with van der Waals surface area (Å²) in [5.74, 6) is -2.28. The van der Waals surface area contributed by atoms with Crippen LogP contribution in [0.4, 0.5) is 23.8 Å². The van der Waals surface area contributed by atoms with Crippen LogP contribution >= 0.6 is 0 Å². The predicted octanol–water partition coefficient (Wildman–Crippen LogP) is 4.57. The van der Waals surface area contributed by atoms with Crippen LogP contribution in [-0.4, -0.2) is 51.1 Å². The Morgan fingerprint density at radius 3 is 2.67 bits per heavy atom. The first kappa shape index (κ1) is 21.5. The van der Waals surface area contributed by atoms with Crippen LogP contribution in [0.1, 0.15) is 38.5 Å². The van der Waals surface area contributed by atoms with E-state index in [1.165, 1.54) is 12.3 Å². The molecule has 10 heteroatoms. The molecule has 1 saturated carbocycles. The number of nitrogens with zero attached hydrogens (tertiary/aromatic N) is 3. The average Bonchev–Trinajstić information content (AvgIpc) is 3.46. The van der Waals surface area contributed by atoms with E-state index in [-0.39, 0.29) is 29.6 Å².